The van der Waals surface area contributed by atoms with Gasteiger partial charge in [0.25, 0.3) is 0 Å². The van der Waals surface area contributed by atoms with Gasteiger partial charge in [0, 0.05) is 0 Å². The van der Waals surface area contributed by atoms with Gasteiger partial charge in [-0.15, -0.1) is 0 Å². The number of rotatable bonds is 10. The molecule has 0 saturated carbocycles. The fourth-order valence-electron chi connectivity index (χ4n) is 4.30. The highest BCUT2D eigenvalue weighted by molar-refractivity contribution is 7.86. The van der Waals surface area contributed by atoms with E-state index in [0.29, 0.717) is 0 Å². The van der Waals surface area contributed by atoms with E-state index in [-0.39, 0.29) is 0 Å². The van der Waals surface area contributed by atoms with Crippen LogP contribution in [0.15, 0.2) is 0 Å². The summed E-state index contributed by atoms with van der Waals surface area (Å²) in [5, 5.41) is 0. The molecule has 0 aromatic carbocycles. The molecule has 0 rings (SSSR count). The van der Waals surface area contributed by atoms with Gasteiger partial charge in [-0.3, -0.25) is 0 Å². The third kappa shape index (κ3) is 4.35. The molecule has 12 heteroatoms. The maximum absolute atomic E-state index is 6.64. The van der Waals surface area contributed by atoms with Crippen molar-refractivity contribution < 1.29 is 16.5 Å². The lowest BCUT2D eigenvalue weighted by Gasteiger charge is -2.56. The second kappa shape index (κ2) is 8.61. The lowest BCUT2D eigenvalue weighted by atomic mass is 11.9. The predicted octanol–water partition coefficient (Wildman–Crippen LogP) is -0.475. The molecule has 0 saturated heterocycles. The van der Waals surface area contributed by atoms with Crippen LogP contribution in [0.3, 0.4) is 0 Å². The van der Waals surface area contributed by atoms with E-state index >= 15 is 0 Å². The van der Waals surface area contributed by atoms with Crippen molar-refractivity contribution in [1.82, 2.24) is 0 Å². The fourth-order valence-corrected chi connectivity index (χ4v) is 112. The highest BCUT2D eigenvalue weighted by atomic mass is 30.0. The van der Waals surface area contributed by atoms with Gasteiger partial charge in [-0.2, -0.15) is 0 Å². The smallest absolute Gasteiger partial charge is 0.232 e. The van der Waals surface area contributed by atoms with Crippen LogP contribution in [0.5, 0.6) is 0 Å². The minimum Gasteiger partial charge on any atom is -0.464 e. The summed E-state index contributed by atoms with van der Waals surface area (Å²) in [4.78, 5) is 0. The first kappa shape index (κ1) is 22.6. The molecular formula is C9H36O4Si8. The largest absolute Gasteiger partial charge is 0.464 e. The molecule has 0 aliphatic heterocycles. The van der Waals surface area contributed by atoms with Crippen molar-refractivity contribution >= 4 is 70.2 Å². The molecule has 4 nitrogen and oxygen atoms in total. The molecule has 0 spiro atoms. The van der Waals surface area contributed by atoms with Gasteiger partial charge in [0.2, 0.25) is 6.87 Å². The maximum atomic E-state index is 6.64. The van der Waals surface area contributed by atoms with Crippen LogP contribution in [0.25, 0.3) is 0 Å². The zero-order valence-electron chi connectivity index (χ0n) is 15.8. The van der Waals surface area contributed by atoms with Gasteiger partial charge in [-0.1, -0.05) is 19.6 Å². The second-order valence-corrected chi connectivity index (χ2v) is 45.6. The normalized spacial score (nSPS) is 18.7. The first-order valence-corrected chi connectivity index (χ1v) is 28.4. The van der Waals surface area contributed by atoms with E-state index < -0.39 is 59.7 Å². The van der Waals surface area contributed by atoms with Crippen LogP contribution in [0.2, 0.25) is 58.9 Å². The molecule has 0 atom stereocenters. The summed E-state index contributed by atoms with van der Waals surface area (Å²) in [5.41, 5.74) is 0. The Balaban J connectivity index is 6.18. The molecule has 0 radical (unpaired) electrons. The van der Waals surface area contributed by atoms with E-state index in [0.717, 1.165) is 10.5 Å². The van der Waals surface area contributed by atoms with E-state index in [1.807, 2.05) is 0 Å². The van der Waals surface area contributed by atoms with Crippen molar-refractivity contribution in [2.75, 3.05) is 0 Å². The monoisotopic (exact) mass is 432 g/mol. The molecule has 128 valence electrons. The Hall–Kier alpha value is 1.58. The first-order chi connectivity index (χ1) is 9.49. The summed E-state index contributed by atoms with van der Waals surface area (Å²) in [5.74, 6) is 0. The molecule has 0 bridgehead atoms. The van der Waals surface area contributed by atoms with Gasteiger partial charge in [-0.05, 0) is 39.3 Å². The summed E-state index contributed by atoms with van der Waals surface area (Å²) >= 11 is 0. The molecule has 0 amide bonds. The lowest BCUT2D eigenvalue weighted by molar-refractivity contribution is 0.543. The Labute approximate surface area is 145 Å². The van der Waals surface area contributed by atoms with E-state index in [1.165, 1.54) is 0 Å². The molecule has 21 heavy (non-hydrogen) atoms. The van der Waals surface area contributed by atoms with Crippen LogP contribution in [0.1, 0.15) is 0 Å². The quantitative estimate of drug-likeness (QED) is 0.437. The van der Waals surface area contributed by atoms with Crippen LogP contribution in [-0.2, 0) is 16.5 Å². The first-order valence-electron chi connectivity index (χ1n) is 7.96. The van der Waals surface area contributed by atoms with Crippen LogP contribution < -0.4 is 0 Å². The SMILES string of the molecule is C[SiH2]O[Si](C)(C)[Si](O[SiH3])([Si](C)(C)O[SiH2]C)[Si](C)(C)O[SiH2]C. The number of hydrogen-bond acceptors (Lipinski definition) is 4. The minimum atomic E-state index is -2.10. The zero-order valence-corrected chi connectivity index (χ0v) is 26.0. The Kier molecular flexibility index (Phi) is 9.25. The van der Waals surface area contributed by atoms with E-state index in [1.54, 1.807) is 0 Å². The minimum absolute atomic E-state index is 0.435. The Morgan fingerprint density at radius 3 is 1.00 bits per heavy atom. The molecule has 0 aromatic heterocycles. The second-order valence-electron chi connectivity index (χ2n) is 6.72. The molecule has 0 aliphatic carbocycles. The summed E-state index contributed by atoms with van der Waals surface area (Å²) in [6.07, 6.45) is 0. The van der Waals surface area contributed by atoms with Crippen molar-refractivity contribution in [2.24, 2.45) is 0 Å². The van der Waals surface area contributed by atoms with Crippen molar-refractivity contribution in [2.45, 2.75) is 58.9 Å². The van der Waals surface area contributed by atoms with Crippen molar-refractivity contribution in [1.29, 1.82) is 0 Å². The highest BCUT2D eigenvalue weighted by Crippen LogP contribution is 2.38. The number of hydrogen-bond donors (Lipinski definition) is 0. The fraction of sp³-hybridized carbons (Fsp3) is 1.00. The molecular weight excluding hydrogens is 397 g/mol. The van der Waals surface area contributed by atoms with Crippen LogP contribution >= 0.6 is 0 Å². The van der Waals surface area contributed by atoms with Crippen LogP contribution in [0.4, 0.5) is 0 Å². The van der Waals surface area contributed by atoms with E-state index in [4.69, 9.17) is 16.5 Å². The standard InChI is InChI=1S/C9H36O4Si8/c1-15-11-18(4,5)21(10-14,19(6,7)12-16-2)20(8,9)13-17-3/h15-17H2,1-9,14H3. The van der Waals surface area contributed by atoms with Crippen molar-refractivity contribution in [3.05, 3.63) is 0 Å². The molecule has 0 fully saturated rings. The van der Waals surface area contributed by atoms with Gasteiger partial charge < -0.3 is 16.5 Å². The Morgan fingerprint density at radius 2 is 0.857 bits per heavy atom. The molecule has 0 aromatic rings. The lowest BCUT2D eigenvalue weighted by Crippen LogP contribution is -2.88. The van der Waals surface area contributed by atoms with Gasteiger partial charge in [-0.25, -0.2) is 0 Å². The van der Waals surface area contributed by atoms with Crippen LogP contribution in [0, 0.1) is 0 Å². The van der Waals surface area contributed by atoms with Gasteiger partial charge in [0.15, 0.2) is 23.5 Å². The molecule has 0 heterocycles. The Morgan fingerprint density at radius 1 is 0.619 bits per heavy atom. The van der Waals surface area contributed by atoms with Crippen molar-refractivity contribution in [3.8, 4) is 0 Å². The van der Waals surface area contributed by atoms with Crippen LogP contribution in [-0.4, -0.2) is 70.2 Å². The average Bonchev–Trinajstić information content (AvgIpc) is 2.28. The summed E-state index contributed by atoms with van der Waals surface area (Å²) in [7, 11) is -6.22. The molecule has 0 unspecified atom stereocenters. The summed E-state index contributed by atoms with van der Waals surface area (Å²) < 4.78 is 26.2. The zero-order chi connectivity index (χ0) is 16.9. The van der Waals surface area contributed by atoms with Gasteiger partial charge >= 0.3 is 0 Å². The highest BCUT2D eigenvalue weighted by Gasteiger charge is 2.71. The predicted molar refractivity (Wildman–Crippen MR) is 116 cm³/mol. The molecule has 0 aliphatic rings. The summed E-state index contributed by atoms with van der Waals surface area (Å²) in [6, 6.07) is 0. The third-order valence-electron chi connectivity index (χ3n) is 4.37. The Bertz CT molecular complexity index is 279. The topological polar surface area (TPSA) is 36.9 Å². The van der Waals surface area contributed by atoms with E-state index in [9.17, 15) is 0 Å². The summed E-state index contributed by atoms with van der Waals surface area (Å²) in [6.45, 7) is 19.0. The van der Waals surface area contributed by atoms with Gasteiger partial charge in [0.1, 0.15) is 39.8 Å². The van der Waals surface area contributed by atoms with Crippen molar-refractivity contribution in [3.63, 3.8) is 0 Å². The maximum Gasteiger partial charge on any atom is 0.232 e. The third-order valence-corrected chi connectivity index (χ3v) is 81.2. The van der Waals surface area contributed by atoms with Gasteiger partial charge in [0.05, 0.1) is 0 Å². The van der Waals surface area contributed by atoms with E-state index in [2.05, 4.69) is 58.9 Å². The molecule has 0 N–H and O–H groups in total. The average molecular weight is 433 g/mol.